The molecule has 0 aliphatic carbocycles. The van der Waals surface area contributed by atoms with Crippen molar-refractivity contribution in [2.45, 2.75) is 76.7 Å². The molecule has 0 radical (unpaired) electrons. The van der Waals surface area contributed by atoms with Gasteiger partial charge in [-0.15, -0.1) is 0 Å². The van der Waals surface area contributed by atoms with Gasteiger partial charge in [0.2, 0.25) is 5.91 Å². The van der Waals surface area contributed by atoms with E-state index in [0.29, 0.717) is 24.4 Å². The molecule has 3 amide bonds. The Balaban J connectivity index is 1.57. The van der Waals surface area contributed by atoms with Gasteiger partial charge in [0.25, 0.3) is 0 Å². The Hall–Kier alpha value is -4.46. The van der Waals surface area contributed by atoms with Crippen LogP contribution in [0.15, 0.2) is 121 Å². The van der Waals surface area contributed by atoms with Crippen LogP contribution < -0.4 is 10.6 Å². The fourth-order valence-corrected chi connectivity index (χ4v) is 6.30. The molecule has 1 heterocycles. The van der Waals surface area contributed by atoms with E-state index in [1.807, 2.05) is 109 Å². The molecule has 3 N–H and O–H groups in total. The van der Waals surface area contributed by atoms with Crippen LogP contribution in [-0.4, -0.2) is 64.1 Å². The minimum atomic E-state index is -3.76. The summed E-state index contributed by atoms with van der Waals surface area (Å²) in [5.41, 5.74) is 3.73. The standard InChI is InChI=1S/C41H50N4O3/c1-31(2)39(45-25-15-24-42-41(45)48)40(47)43-36(26-32-16-7-3-8-17-32)28-38(46)37(27-33-18-9-4-10-19-33)44(29-34-20-11-5-12-21-34)30-35-22-13-6-14-23-35/h3-14,16-23,31,36-39,46H,15,24-30H2,1-2H3,(H,42,48)(H,43,47)/t36-,37-,38-,39?/m0/s1/i1D3,2D3,31D,39D. The maximum absolute atomic E-state index is 14.7. The Morgan fingerprint density at radius 3 is 1.83 bits per heavy atom. The maximum atomic E-state index is 14.7. The summed E-state index contributed by atoms with van der Waals surface area (Å²) in [6.07, 6.45) is -0.538. The minimum Gasteiger partial charge on any atom is -0.391 e. The normalized spacial score (nSPS) is 19.7. The fourth-order valence-electron chi connectivity index (χ4n) is 6.30. The topological polar surface area (TPSA) is 84.9 Å². The molecule has 7 heteroatoms. The number of aliphatic hydroxyl groups is 1. The molecule has 252 valence electrons. The van der Waals surface area contributed by atoms with Gasteiger partial charge in [0, 0.05) is 47.9 Å². The van der Waals surface area contributed by atoms with Gasteiger partial charge in [0.15, 0.2) is 0 Å². The molecule has 1 unspecified atom stereocenters. The molecule has 0 spiro atoms. The van der Waals surface area contributed by atoms with Crippen LogP contribution in [0.2, 0.25) is 0 Å². The summed E-state index contributed by atoms with van der Waals surface area (Å²) in [7, 11) is 0. The van der Waals surface area contributed by atoms with E-state index in [2.05, 4.69) is 15.5 Å². The lowest BCUT2D eigenvalue weighted by molar-refractivity contribution is -0.128. The van der Waals surface area contributed by atoms with Gasteiger partial charge in [0.1, 0.15) is 6.02 Å². The van der Waals surface area contributed by atoms with Crippen molar-refractivity contribution >= 4 is 11.9 Å². The number of carbonyl (C=O) groups excluding carboxylic acids is 2. The zero-order valence-electron chi connectivity index (χ0n) is 35.1. The van der Waals surface area contributed by atoms with Gasteiger partial charge < -0.3 is 20.6 Å². The first kappa shape index (κ1) is 25.5. The molecule has 1 saturated heterocycles. The highest BCUT2D eigenvalue weighted by Gasteiger charge is 2.36. The van der Waals surface area contributed by atoms with Crippen LogP contribution in [0.4, 0.5) is 4.79 Å². The first-order valence-electron chi connectivity index (χ1n) is 20.5. The van der Waals surface area contributed by atoms with Crippen molar-refractivity contribution in [1.29, 1.82) is 0 Å². The van der Waals surface area contributed by atoms with E-state index in [1.54, 1.807) is 12.1 Å². The summed E-state index contributed by atoms with van der Waals surface area (Å²) < 4.78 is 67.9. The summed E-state index contributed by atoms with van der Waals surface area (Å²) in [5.74, 6) is -5.20. The third-order valence-corrected chi connectivity index (χ3v) is 8.65. The van der Waals surface area contributed by atoms with E-state index in [1.165, 1.54) is 0 Å². The zero-order valence-corrected chi connectivity index (χ0v) is 27.1. The summed E-state index contributed by atoms with van der Waals surface area (Å²) in [4.78, 5) is 30.7. The molecule has 0 aromatic heterocycles. The third-order valence-electron chi connectivity index (χ3n) is 8.65. The number of hydrogen-bond donors (Lipinski definition) is 3. The highest BCUT2D eigenvalue weighted by molar-refractivity contribution is 5.87. The number of benzene rings is 4. The molecular weight excluding hydrogens is 596 g/mol. The average molecular weight is 655 g/mol. The lowest BCUT2D eigenvalue weighted by Crippen LogP contribution is -2.59. The third kappa shape index (κ3) is 10.0. The van der Waals surface area contributed by atoms with Crippen LogP contribution in [0, 0.1) is 5.89 Å². The van der Waals surface area contributed by atoms with Crippen molar-refractivity contribution < 1.29 is 25.7 Å². The molecular formula is C41H50N4O3. The van der Waals surface area contributed by atoms with E-state index in [-0.39, 0.29) is 32.4 Å². The van der Waals surface area contributed by atoms with E-state index in [9.17, 15) is 16.1 Å². The van der Waals surface area contributed by atoms with Crippen LogP contribution in [0.1, 0.15) is 59.8 Å². The average Bonchev–Trinajstić information content (AvgIpc) is 3.17. The van der Waals surface area contributed by atoms with E-state index in [4.69, 9.17) is 9.60 Å². The van der Waals surface area contributed by atoms with Crippen molar-refractivity contribution in [3.8, 4) is 0 Å². The Bertz CT molecular complexity index is 1800. The number of aliphatic hydroxyl groups excluding tert-OH is 1. The Morgan fingerprint density at radius 2 is 1.33 bits per heavy atom. The Labute approximate surface area is 297 Å². The van der Waals surface area contributed by atoms with Gasteiger partial charge in [-0.05, 0) is 53.8 Å². The van der Waals surface area contributed by atoms with Crippen molar-refractivity contribution in [3.05, 3.63) is 144 Å². The number of hydrogen-bond acceptors (Lipinski definition) is 4. The predicted molar refractivity (Wildman–Crippen MR) is 192 cm³/mol. The lowest BCUT2D eigenvalue weighted by Gasteiger charge is -2.38. The quantitative estimate of drug-likeness (QED) is 0.134. The van der Waals surface area contributed by atoms with Gasteiger partial charge in [-0.2, -0.15) is 0 Å². The summed E-state index contributed by atoms with van der Waals surface area (Å²) in [6, 6.07) is 32.4. The molecule has 48 heavy (non-hydrogen) atoms. The monoisotopic (exact) mass is 654 g/mol. The van der Waals surface area contributed by atoms with E-state index < -0.39 is 55.7 Å². The molecule has 1 aliphatic rings. The number of amides is 3. The van der Waals surface area contributed by atoms with Gasteiger partial charge >= 0.3 is 6.03 Å². The zero-order chi connectivity index (χ0) is 40.6. The number of nitrogens with zero attached hydrogens (tertiary/aromatic N) is 2. The molecule has 5 rings (SSSR count). The van der Waals surface area contributed by atoms with Gasteiger partial charge in [-0.3, -0.25) is 9.69 Å². The summed E-state index contributed by atoms with van der Waals surface area (Å²) in [5, 5.41) is 17.6. The van der Waals surface area contributed by atoms with E-state index in [0.717, 1.165) is 22.3 Å². The lowest BCUT2D eigenvalue weighted by atomic mass is 9.91. The smallest absolute Gasteiger partial charge is 0.318 e. The second-order valence-electron chi connectivity index (χ2n) is 12.3. The van der Waals surface area contributed by atoms with Crippen LogP contribution in [0.25, 0.3) is 0 Å². The van der Waals surface area contributed by atoms with Crippen molar-refractivity contribution in [2.75, 3.05) is 13.1 Å². The maximum Gasteiger partial charge on any atom is 0.318 e. The van der Waals surface area contributed by atoms with Gasteiger partial charge in [0.05, 0.1) is 7.47 Å². The highest BCUT2D eigenvalue weighted by Crippen LogP contribution is 2.23. The Morgan fingerprint density at radius 1 is 0.833 bits per heavy atom. The summed E-state index contributed by atoms with van der Waals surface area (Å²) >= 11 is 0. The van der Waals surface area contributed by atoms with Gasteiger partial charge in [-0.25, -0.2) is 4.79 Å². The van der Waals surface area contributed by atoms with Crippen LogP contribution >= 0.6 is 0 Å². The van der Waals surface area contributed by atoms with Crippen molar-refractivity contribution in [1.82, 2.24) is 20.4 Å². The summed E-state index contributed by atoms with van der Waals surface area (Å²) in [6.45, 7) is -6.64. The van der Waals surface area contributed by atoms with Gasteiger partial charge in [-0.1, -0.05) is 135 Å². The molecule has 0 bridgehead atoms. The second kappa shape index (κ2) is 17.6. The number of rotatable bonds is 16. The molecule has 4 aromatic carbocycles. The molecule has 1 aliphatic heterocycles. The first-order chi connectivity index (χ1) is 26.5. The molecule has 1 fully saturated rings. The van der Waals surface area contributed by atoms with Crippen LogP contribution in [-0.2, 0) is 30.7 Å². The minimum absolute atomic E-state index is 0.104. The number of carbonyl (C=O) groups is 2. The van der Waals surface area contributed by atoms with Crippen LogP contribution in [0.3, 0.4) is 0 Å². The molecule has 4 aromatic rings. The van der Waals surface area contributed by atoms with Crippen LogP contribution in [0.5, 0.6) is 0 Å². The molecule has 4 atom stereocenters. The Kier molecular flexibility index (Phi) is 9.38. The number of urea groups is 1. The highest BCUT2D eigenvalue weighted by atomic mass is 16.3. The fraction of sp³-hybridized carbons (Fsp3) is 0.366. The second-order valence-corrected chi connectivity index (χ2v) is 12.3. The number of nitrogens with one attached hydrogen (secondary N) is 2. The largest absolute Gasteiger partial charge is 0.391 e. The van der Waals surface area contributed by atoms with E-state index >= 15 is 0 Å². The first-order valence-corrected chi connectivity index (χ1v) is 16.5. The van der Waals surface area contributed by atoms with Crippen molar-refractivity contribution in [3.63, 3.8) is 0 Å². The molecule has 7 nitrogen and oxygen atoms in total. The SMILES string of the molecule is [2H]C([2H])([2H])C([2H])(C([2H])([2H])[2H])C([2H])(C(=O)N[C@@H](Cc1ccccc1)C[C@H](O)[C@H](Cc1ccccc1)N(Cc1ccccc1)Cc1ccccc1)N1CCCNC1=O. The van der Waals surface area contributed by atoms with Crippen molar-refractivity contribution in [2.24, 2.45) is 5.89 Å². The molecule has 0 saturated carbocycles. The predicted octanol–water partition coefficient (Wildman–Crippen LogP) is 6.22.